The highest BCUT2D eigenvalue weighted by molar-refractivity contribution is 6.31. The van der Waals surface area contributed by atoms with Gasteiger partial charge in [0.2, 0.25) is 0 Å². The molecule has 2 heteroatoms. The molecule has 4 rings (SSSR count). The SMILES string of the molecule is C[C@]12CCc3c(Cl)cccc3[C@H]1CN(Cc1ccccc1)C2. The Balaban J connectivity index is 1.61. The summed E-state index contributed by atoms with van der Waals surface area (Å²) >= 11 is 6.43. The van der Waals surface area contributed by atoms with Crippen LogP contribution in [0.1, 0.15) is 36.0 Å². The topological polar surface area (TPSA) is 3.24 Å². The highest BCUT2D eigenvalue weighted by Crippen LogP contribution is 2.51. The zero-order chi connectivity index (χ0) is 15.2. The van der Waals surface area contributed by atoms with Crippen molar-refractivity contribution in [3.8, 4) is 0 Å². The fourth-order valence-corrected chi connectivity index (χ4v) is 4.71. The van der Waals surface area contributed by atoms with Gasteiger partial charge in [0.05, 0.1) is 0 Å². The lowest BCUT2D eigenvalue weighted by Gasteiger charge is -2.37. The van der Waals surface area contributed by atoms with E-state index >= 15 is 0 Å². The Kier molecular flexibility index (Phi) is 3.51. The van der Waals surface area contributed by atoms with Crippen molar-refractivity contribution in [2.24, 2.45) is 5.41 Å². The van der Waals surface area contributed by atoms with E-state index in [0.717, 1.165) is 24.5 Å². The van der Waals surface area contributed by atoms with Crippen LogP contribution < -0.4 is 0 Å². The average Bonchev–Trinajstić information content (AvgIpc) is 2.85. The van der Waals surface area contributed by atoms with Crippen LogP contribution in [0.5, 0.6) is 0 Å². The highest BCUT2D eigenvalue weighted by atomic mass is 35.5. The van der Waals surface area contributed by atoms with Gasteiger partial charge in [-0.3, -0.25) is 4.90 Å². The number of nitrogens with zero attached hydrogens (tertiary/aromatic N) is 1. The molecule has 1 aliphatic carbocycles. The maximum Gasteiger partial charge on any atom is 0.0440 e. The van der Waals surface area contributed by atoms with Crippen LogP contribution in [0.25, 0.3) is 0 Å². The molecule has 1 aliphatic heterocycles. The molecule has 0 amide bonds. The van der Waals surface area contributed by atoms with Crippen LogP contribution in [0.15, 0.2) is 48.5 Å². The third kappa shape index (κ3) is 2.37. The second kappa shape index (κ2) is 5.40. The highest BCUT2D eigenvalue weighted by Gasteiger charge is 2.46. The van der Waals surface area contributed by atoms with E-state index in [4.69, 9.17) is 11.6 Å². The van der Waals surface area contributed by atoms with E-state index in [1.807, 2.05) is 6.07 Å². The molecule has 1 nitrogen and oxygen atoms in total. The van der Waals surface area contributed by atoms with Crippen LogP contribution in [-0.2, 0) is 13.0 Å². The summed E-state index contributed by atoms with van der Waals surface area (Å²) in [6.45, 7) is 5.87. The van der Waals surface area contributed by atoms with Gasteiger partial charge in [-0.2, -0.15) is 0 Å². The van der Waals surface area contributed by atoms with E-state index in [-0.39, 0.29) is 0 Å². The molecule has 114 valence electrons. The molecule has 0 bridgehead atoms. The van der Waals surface area contributed by atoms with Crippen LogP contribution >= 0.6 is 11.6 Å². The molecule has 1 fully saturated rings. The van der Waals surface area contributed by atoms with Gasteiger partial charge in [-0.15, -0.1) is 0 Å². The van der Waals surface area contributed by atoms with Crippen LogP contribution in [0.2, 0.25) is 5.02 Å². The van der Waals surface area contributed by atoms with Crippen LogP contribution in [0.4, 0.5) is 0 Å². The quantitative estimate of drug-likeness (QED) is 0.763. The Morgan fingerprint density at radius 1 is 1.14 bits per heavy atom. The van der Waals surface area contributed by atoms with Crippen molar-refractivity contribution in [1.82, 2.24) is 4.90 Å². The molecule has 2 aliphatic rings. The molecule has 22 heavy (non-hydrogen) atoms. The second-order valence-corrected chi connectivity index (χ2v) is 7.58. The van der Waals surface area contributed by atoms with E-state index < -0.39 is 0 Å². The van der Waals surface area contributed by atoms with E-state index in [0.29, 0.717) is 11.3 Å². The molecule has 0 aromatic heterocycles. The number of benzene rings is 2. The van der Waals surface area contributed by atoms with Gasteiger partial charge in [-0.05, 0) is 41.0 Å². The molecule has 1 heterocycles. The van der Waals surface area contributed by atoms with E-state index in [2.05, 4.69) is 54.3 Å². The number of halogens is 1. The number of hydrogen-bond acceptors (Lipinski definition) is 1. The molecular formula is C20H22ClN. The Bertz CT molecular complexity index is 681. The summed E-state index contributed by atoms with van der Waals surface area (Å²) in [5.74, 6) is 0.624. The van der Waals surface area contributed by atoms with Crippen LogP contribution in [0, 0.1) is 5.41 Å². The van der Waals surface area contributed by atoms with Crippen LogP contribution in [0.3, 0.4) is 0 Å². The Labute approximate surface area is 137 Å². The average molecular weight is 312 g/mol. The van der Waals surface area contributed by atoms with E-state index in [1.165, 1.54) is 29.7 Å². The van der Waals surface area contributed by atoms with Crippen molar-refractivity contribution in [2.45, 2.75) is 32.2 Å². The zero-order valence-electron chi connectivity index (χ0n) is 13.1. The predicted molar refractivity (Wildman–Crippen MR) is 92.3 cm³/mol. The number of fused-ring (bicyclic) bond motifs is 3. The molecule has 2 aromatic carbocycles. The summed E-state index contributed by atoms with van der Waals surface area (Å²) in [6.07, 6.45) is 2.38. The summed E-state index contributed by atoms with van der Waals surface area (Å²) in [4.78, 5) is 2.62. The standard InChI is InChI=1S/C20H22ClN/c1-20-11-10-17-16(8-5-9-19(17)21)18(20)13-22(14-20)12-15-6-3-2-4-7-15/h2-9,18H,10-14H2,1H3/t18-,20-/m1/s1. The minimum absolute atomic E-state index is 0.395. The van der Waals surface area contributed by atoms with Gasteiger partial charge >= 0.3 is 0 Å². The largest absolute Gasteiger partial charge is 0.298 e. The van der Waals surface area contributed by atoms with Crippen LogP contribution in [-0.4, -0.2) is 18.0 Å². The molecule has 2 aromatic rings. The fourth-order valence-electron chi connectivity index (χ4n) is 4.43. The molecule has 1 saturated heterocycles. The minimum Gasteiger partial charge on any atom is -0.298 e. The predicted octanol–water partition coefficient (Wildman–Crippen LogP) is 4.89. The maximum atomic E-state index is 6.43. The lowest BCUT2D eigenvalue weighted by molar-refractivity contribution is 0.240. The van der Waals surface area contributed by atoms with Gasteiger partial charge in [-0.25, -0.2) is 0 Å². The molecule has 0 unspecified atom stereocenters. The molecular weight excluding hydrogens is 290 g/mol. The van der Waals surface area contributed by atoms with E-state index in [1.54, 1.807) is 0 Å². The van der Waals surface area contributed by atoms with Crippen molar-refractivity contribution in [1.29, 1.82) is 0 Å². The van der Waals surface area contributed by atoms with Crippen molar-refractivity contribution in [3.63, 3.8) is 0 Å². The summed E-state index contributed by atoms with van der Waals surface area (Å²) < 4.78 is 0. The van der Waals surface area contributed by atoms with Gasteiger partial charge in [0.1, 0.15) is 0 Å². The molecule has 0 N–H and O–H groups in total. The summed E-state index contributed by atoms with van der Waals surface area (Å²) in [7, 11) is 0. The molecule has 0 radical (unpaired) electrons. The summed E-state index contributed by atoms with van der Waals surface area (Å²) in [5.41, 5.74) is 4.70. The first kappa shape index (κ1) is 14.3. The first-order valence-electron chi connectivity index (χ1n) is 8.19. The maximum absolute atomic E-state index is 6.43. The number of likely N-dealkylation sites (tertiary alicyclic amines) is 1. The second-order valence-electron chi connectivity index (χ2n) is 7.17. The zero-order valence-corrected chi connectivity index (χ0v) is 13.8. The Morgan fingerprint density at radius 3 is 2.77 bits per heavy atom. The lowest BCUT2D eigenvalue weighted by atomic mass is 9.67. The third-order valence-electron chi connectivity index (χ3n) is 5.59. The van der Waals surface area contributed by atoms with Crippen molar-refractivity contribution < 1.29 is 0 Å². The third-order valence-corrected chi connectivity index (χ3v) is 5.95. The van der Waals surface area contributed by atoms with Crippen molar-refractivity contribution in [3.05, 3.63) is 70.2 Å². The lowest BCUT2D eigenvalue weighted by Crippen LogP contribution is -2.30. The summed E-state index contributed by atoms with van der Waals surface area (Å²) in [5, 5.41) is 0.959. The molecule has 2 atom stereocenters. The van der Waals surface area contributed by atoms with E-state index in [9.17, 15) is 0 Å². The van der Waals surface area contributed by atoms with Gasteiger partial charge in [0.15, 0.2) is 0 Å². The fraction of sp³-hybridized carbons (Fsp3) is 0.400. The molecule has 0 spiro atoms. The first-order valence-corrected chi connectivity index (χ1v) is 8.57. The Morgan fingerprint density at radius 2 is 1.95 bits per heavy atom. The summed E-state index contributed by atoms with van der Waals surface area (Å²) in [6, 6.07) is 17.3. The number of rotatable bonds is 2. The van der Waals surface area contributed by atoms with Crippen molar-refractivity contribution >= 4 is 11.6 Å². The monoisotopic (exact) mass is 311 g/mol. The van der Waals surface area contributed by atoms with Gasteiger partial charge in [-0.1, -0.05) is 61.0 Å². The normalized spacial score (nSPS) is 27.5. The van der Waals surface area contributed by atoms with Gasteiger partial charge in [0.25, 0.3) is 0 Å². The Hall–Kier alpha value is -1.31. The first-order chi connectivity index (χ1) is 10.7. The number of hydrogen-bond donors (Lipinski definition) is 0. The smallest absolute Gasteiger partial charge is 0.0440 e. The van der Waals surface area contributed by atoms with Gasteiger partial charge in [0, 0.05) is 30.6 Å². The van der Waals surface area contributed by atoms with Crippen molar-refractivity contribution in [2.75, 3.05) is 13.1 Å². The van der Waals surface area contributed by atoms with Gasteiger partial charge < -0.3 is 0 Å². The molecule has 0 saturated carbocycles. The minimum atomic E-state index is 0.395.